The van der Waals surface area contributed by atoms with Gasteiger partial charge in [0.2, 0.25) is 5.91 Å². The third-order valence-corrected chi connectivity index (χ3v) is 5.73. The molecule has 1 aromatic heterocycles. The van der Waals surface area contributed by atoms with Crippen LogP contribution in [-0.4, -0.2) is 22.0 Å². The van der Waals surface area contributed by atoms with Gasteiger partial charge in [0.1, 0.15) is 0 Å². The molecule has 1 aliphatic carbocycles. The molecule has 0 radical (unpaired) electrons. The number of anilines is 1. The van der Waals surface area contributed by atoms with Crippen LogP contribution in [0.2, 0.25) is 0 Å². The highest BCUT2D eigenvalue weighted by atomic mass is 32.1. The van der Waals surface area contributed by atoms with Crippen LogP contribution in [0.4, 0.5) is 5.69 Å². The molecular weight excluding hydrogens is 324 g/mol. The summed E-state index contributed by atoms with van der Waals surface area (Å²) in [7, 11) is 0. The summed E-state index contributed by atoms with van der Waals surface area (Å²) in [5.41, 5.74) is 0.706. The number of carboxylic acid groups (broad SMARTS) is 1. The number of carbonyl (C=O) groups excluding carboxylic acids is 1. The number of carbonyl (C=O) groups is 2. The summed E-state index contributed by atoms with van der Waals surface area (Å²) in [6, 6.07) is 5.60. The average Bonchev–Trinajstić information content (AvgIpc) is 2.73. The van der Waals surface area contributed by atoms with Gasteiger partial charge in [-0.1, -0.05) is 25.7 Å². The summed E-state index contributed by atoms with van der Waals surface area (Å²) >= 11 is 1.58. The zero-order valence-electron chi connectivity index (χ0n) is 13.8. The number of rotatable bonds is 4. The molecule has 6 heteroatoms. The molecule has 1 aliphatic rings. The maximum Gasteiger partial charge on any atom is 0.310 e. The fourth-order valence-electron chi connectivity index (χ4n) is 3.50. The van der Waals surface area contributed by atoms with Crippen LogP contribution in [-0.2, 0) is 9.59 Å². The number of nitrogens with zero attached hydrogens (tertiary/aromatic N) is 1. The van der Waals surface area contributed by atoms with Gasteiger partial charge in [0.05, 0.1) is 20.6 Å². The largest absolute Gasteiger partial charge is 0.481 e. The molecule has 0 unspecified atom stereocenters. The maximum atomic E-state index is 12.5. The normalized spacial score (nSPS) is 17.4. The smallest absolute Gasteiger partial charge is 0.310 e. The lowest BCUT2D eigenvalue weighted by molar-refractivity contribution is -0.152. The van der Waals surface area contributed by atoms with E-state index in [1.165, 1.54) is 0 Å². The molecule has 1 aromatic carbocycles. The van der Waals surface area contributed by atoms with Gasteiger partial charge in [-0.25, -0.2) is 4.98 Å². The number of aryl methyl sites for hydroxylation is 1. The number of hydrogen-bond acceptors (Lipinski definition) is 4. The van der Waals surface area contributed by atoms with Gasteiger partial charge in [0.15, 0.2) is 0 Å². The standard InChI is InChI=1S/C18H22N2O3S/c1-12-19-14-7-6-13(10-15(14)24-12)20-16(21)11-18(17(22)23)8-4-2-3-5-9-18/h6-7,10H,2-5,8-9,11H2,1H3,(H,20,21)(H,22,23). The van der Waals surface area contributed by atoms with Crippen LogP contribution in [0.1, 0.15) is 50.0 Å². The van der Waals surface area contributed by atoms with Crippen LogP contribution in [0.5, 0.6) is 0 Å². The van der Waals surface area contributed by atoms with Crippen LogP contribution < -0.4 is 5.32 Å². The van der Waals surface area contributed by atoms with Gasteiger partial charge in [-0.05, 0) is 38.0 Å². The Bertz CT molecular complexity index is 761. The molecule has 1 amide bonds. The molecule has 1 heterocycles. The van der Waals surface area contributed by atoms with E-state index in [9.17, 15) is 14.7 Å². The summed E-state index contributed by atoms with van der Waals surface area (Å²) in [6.07, 6.45) is 5.08. The molecule has 2 N–H and O–H groups in total. The van der Waals surface area contributed by atoms with Crippen LogP contribution in [0.3, 0.4) is 0 Å². The Morgan fingerprint density at radius 2 is 1.96 bits per heavy atom. The zero-order valence-corrected chi connectivity index (χ0v) is 14.6. The van der Waals surface area contributed by atoms with Gasteiger partial charge >= 0.3 is 5.97 Å². The van der Waals surface area contributed by atoms with Gasteiger partial charge in [0.25, 0.3) is 0 Å². The number of thiazole rings is 1. The maximum absolute atomic E-state index is 12.5. The number of benzene rings is 1. The van der Waals surface area contributed by atoms with Crippen LogP contribution >= 0.6 is 11.3 Å². The molecule has 3 rings (SSSR count). The lowest BCUT2D eigenvalue weighted by Crippen LogP contribution is -2.35. The van der Waals surface area contributed by atoms with Crippen molar-refractivity contribution < 1.29 is 14.7 Å². The van der Waals surface area contributed by atoms with E-state index in [4.69, 9.17) is 0 Å². The van der Waals surface area contributed by atoms with Gasteiger partial charge in [-0.3, -0.25) is 9.59 Å². The highest BCUT2D eigenvalue weighted by Gasteiger charge is 2.40. The Morgan fingerprint density at radius 3 is 2.62 bits per heavy atom. The minimum absolute atomic E-state index is 0.0437. The van der Waals surface area contributed by atoms with Crippen molar-refractivity contribution in [2.45, 2.75) is 51.9 Å². The molecular formula is C18H22N2O3S. The molecule has 5 nitrogen and oxygen atoms in total. The van der Waals surface area contributed by atoms with E-state index in [1.807, 2.05) is 25.1 Å². The van der Waals surface area contributed by atoms with Crippen molar-refractivity contribution in [3.63, 3.8) is 0 Å². The second kappa shape index (κ2) is 6.89. The number of fused-ring (bicyclic) bond motifs is 1. The quantitative estimate of drug-likeness (QED) is 0.806. The Hall–Kier alpha value is -1.95. The molecule has 0 spiro atoms. The van der Waals surface area contributed by atoms with Crippen molar-refractivity contribution in [3.05, 3.63) is 23.2 Å². The Labute approximate surface area is 145 Å². The van der Waals surface area contributed by atoms with Crippen molar-refractivity contribution in [1.29, 1.82) is 0 Å². The Morgan fingerprint density at radius 1 is 1.25 bits per heavy atom. The second-order valence-corrected chi connectivity index (χ2v) is 7.87. The highest BCUT2D eigenvalue weighted by Crippen LogP contribution is 2.38. The van der Waals surface area contributed by atoms with Crippen molar-refractivity contribution in [2.24, 2.45) is 5.41 Å². The summed E-state index contributed by atoms with van der Waals surface area (Å²) in [4.78, 5) is 28.7. The first-order chi connectivity index (χ1) is 11.5. The molecule has 0 aliphatic heterocycles. The lowest BCUT2D eigenvalue weighted by atomic mass is 9.77. The van der Waals surface area contributed by atoms with Gasteiger partial charge in [-0.2, -0.15) is 0 Å². The lowest BCUT2D eigenvalue weighted by Gasteiger charge is -2.27. The van der Waals surface area contributed by atoms with E-state index >= 15 is 0 Å². The van der Waals surface area contributed by atoms with E-state index in [0.29, 0.717) is 18.5 Å². The molecule has 2 aromatic rings. The number of aromatic nitrogens is 1. The SMILES string of the molecule is Cc1nc2ccc(NC(=O)CC3(C(=O)O)CCCCCC3)cc2s1. The monoisotopic (exact) mass is 346 g/mol. The zero-order chi connectivity index (χ0) is 17.2. The van der Waals surface area contributed by atoms with Gasteiger partial charge < -0.3 is 10.4 Å². The summed E-state index contributed by atoms with van der Waals surface area (Å²) in [5.74, 6) is -1.06. The predicted molar refractivity (Wildman–Crippen MR) is 95.4 cm³/mol. The summed E-state index contributed by atoms with van der Waals surface area (Å²) in [6.45, 7) is 1.95. The fraction of sp³-hybridized carbons (Fsp3) is 0.500. The highest BCUT2D eigenvalue weighted by molar-refractivity contribution is 7.18. The summed E-state index contributed by atoms with van der Waals surface area (Å²) in [5, 5.41) is 13.5. The van der Waals surface area contributed by atoms with Crippen LogP contribution in [0.15, 0.2) is 18.2 Å². The van der Waals surface area contributed by atoms with E-state index in [2.05, 4.69) is 10.3 Å². The Balaban J connectivity index is 1.73. The molecule has 128 valence electrons. The van der Waals surface area contributed by atoms with Crippen molar-refractivity contribution in [2.75, 3.05) is 5.32 Å². The topological polar surface area (TPSA) is 79.3 Å². The number of hydrogen-bond donors (Lipinski definition) is 2. The molecule has 1 saturated carbocycles. The van der Waals surface area contributed by atoms with Crippen molar-refractivity contribution in [1.82, 2.24) is 4.98 Å². The van der Waals surface area contributed by atoms with Crippen LogP contribution in [0.25, 0.3) is 10.2 Å². The molecule has 24 heavy (non-hydrogen) atoms. The molecule has 0 atom stereocenters. The molecule has 0 bridgehead atoms. The first-order valence-corrected chi connectivity index (χ1v) is 9.21. The number of nitrogens with one attached hydrogen (secondary N) is 1. The average molecular weight is 346 g/mol. The van der Waals surface area contributed by atoms with Crippen molar-refractivity contribution in [3.8, 4) is 0 Å². The third kappa shape index (κ3) is 3.59. The Kier molecular flexibility index (Phi) is 4.85. The molecule has 1 fully saturated rings. The van der Waals surface area contributed by atoms with E-state index in [0.717, 1.165) is 40.9 Å². The second-order valence-electron chi connectivity index (χ2n) is 6.64. The summed E-state index contributed by atoms with van der Waals surface area (Å²) < 4.78 is 1.02. The van der Waals surface area contributed by atoms with E-state index in [-0.39, 0.29) is 12.3 Å². The minimum Gasteiger partial charge on any atom is -0.481 e. The first kappa shape index (κ1) is 16.9. The third-order valence-electron chi connectivity index (χ3n) is 4.79. The van der Waals surface area contributed by atoms with Crippen LogP contribution in [0, 0.1) is 12.3 Å². The minimum atomic E-state index is -0.911. The van der Waals surface area contributed by atoms with E-state index < -0.39 is 11.4 Å². The fourth-order valence-corrected chi connectivity index (χ4v) is 4.37. The van der Waals surface area contributed by atoms with E-state index in [1.54, 1.807) is 11.3 Å². The predicted octanol–water partition coefficient (Wildman–Crippen LogP) is 4.36. The number of aliphatic carboxylic acids is 1. The number of carboxylic acids is 1. The molecule has 0 saturated heterocycles. The van der Waals surface area contributed by atoms with Gasteiger partial charge in [-0.15, -0.1) is 11.3 Å². The van der Waals surface area contributed by atoms with Crippen molar-refractivity contribution >= 4 is 39.1 Å². The number of amides is 1. The van der Waals surface area contributed by atoms with Gasteiger partial charge in [0, 0.05) is 12.1 Å². The first-order valence-electron chi connectivity index (χ1n) is 8.39.